The third-order valence-electron chi connectivity index (χ3n) is 7.15. The van der Waals surface area contributed by atoms with E-state index in [4.69, 9.17) is 37.4 Å². The lowest BCUT2D eigenvalue weighted by Crippen LogP contribution is -2.55. The van der Waals surface area contributed by atoms with Crippen LogP contribution in [0, 0.1) is 5.92 Å². The van der Waals surface area contributed by atoms with Crippen molar-refractivity contribution >= 4 is 39.1 Å². The average Bonchev–Trinajstić information content (AvgIpc) is 2.95. The number of sulfonamides is 1. The maximum Gasteiger partial charge on any atom is 0.244 e. The van der Waals surface area contributed by atoms with Gasteiger partial charge in [-0.05, 0) is 56.5 Å². The summed E-state index contributed by atoms with van der Waals surface area (Å²) in [5.41, 5.74) is 0. The first kappa shape index (κ1) is 28.8. The summed E-state index contributed by atoms with van der Waals surface area (Å²) in [5.74, 6) is 0.815. The van der Waals surface area contributed by atoms with E-state index in [0.717, 1.165) is 0 Å². The van der Waals surface area contributed by atoms with E-state index in [1.54, 1.807) is 37.1 Å². The van der Waals surface area contributed by atoms with Gasteiger partial charge in [0.15, 0.2) is 11.5 Å². The van der Waals surface area contributed by atoms with Gasteiger partial charge < -0.3 is 24.2 Å². The summed E-state index contributed by atoms with van der Waals surface area (Å²) in [6.07, 6.45) is 0.730. The first-order chi connectivity index (χ1) is 18.1. The van der Waals surface area contributed by atoms with E-state index in [9.17, 15) is 18.3 Å². The molecule has 0 spiro atoms. The Morgan fingerprint density at radius 3 is 2.37 bits per heavy atom. The van der Waals surface area contributed by atoms with Gasteiger partial charge in [0, 0.05) is 34.6 Å². The number of aliphatic hydroxyl groups excluding tert-OH is 1. The Bertz CT molecular complexity index is 1250. The number of amides is 1. The fraction of sp³-hybridized carbons (Fsp3) is 0.500. The van der Waals surface area contributed by atoms with E-state index in [1.807, 2.05) is 0 Å². The highest BCUT2D eigenvalue weighted by atomic mass is 35.5. The minimum absolute atomic E-state index is 0.0747. The molecule has 2 bridgehead atoms. The number of fused-ring (bicyclic) bond motifs is 2. The lowest BCUT2D eigenvalue weighted by Gasteiger charge is -2.41. The zero-order chi connectivity index (χ0) is 27.6. The molecule has 2 fully saturated rings. The molecule has 2 unspecified atom stereocenters. The molecule has 2 aliphatic rings. The van der Waals surface area contributed by atoms with Crippen LogP contribution in [0.15, 0.2) is 41.3 Å². The number of hydrogen-bond acceptors (Lipinski definition) is 7. The maximum atomic E-state index is 13.9. The Balaban J connectivity index is 1.60. The van der Waals surface area contributed by atoms with Crippen LogP contribution in [0.4, 0.5) is 0 Å². The second kappa shape index (κ2) is 11.9. The highest BCUT2D eigenvalue weighted by Crippen LogP contribution is 2.39. The van der Waals surface area contributed by atoms with Crippen LogP contribution >= 0.6 is 23.2 Å². The van der Waals surface area contributed by atoms with Crippen molar-refractivity contribution in [1.82, 2.24) is 9.21 Å². The molecule has 1 N–H and O–H groups in total. The van der Waals surface area contributed by atoms with Crippen molar-refractivity contribution in [3.63, 3.8) is 0 Å². The molecule has 38 heavy (non-hydrogen) atoms. The summed E-state index contributed by atoms with van der Waals surface area (Å²) in [5, 5.41) is 11.1. The number of rotatable bonds is 9. The van der Waals surface area contributed by atoms with Crippen molar-refractivity contribution in [3.8, 4) is 17.2 Å². The van der Waals surface area contributed by atoms with E-state index in [0.29, 0.717) is 36.5 Å². The number of methoxy groups -OCH3 is 2. The van der Waals surface area contributed by atoms with Crippen LogP contribution in [-0.2, 0) is 14.8 Å². The smallest absolute Gasteiger partial charge is 0.244 e. The summed E-state index contributed by atoms with van der Waals surface area (Å²) in [6, 6.07) is 7.82. The van der Waals surface area contributed by atoms with E-state index in [2.05, 4.69) is 0 Å². The van der Waals surface area contributed by atoms with Crippen LogP contribution in [0.25, 0.3) is 0 Å². The van der Waals surface area contributed by atoms with Crippen LogP contribution < -0.4 is 14.2 Å². The van der Waals surface area contributed by atoms with Crippen molar-refractivity contribution < 1.29 is 32.5 Å². The fourth-order valence-corrected chi connectivity index (χ4v) is 7.92. The molecule has 208 valence electrons. The minimum Gasteiger partial charge on any atom is -0.493 e. The molecule has 0 radical (unpaired) electrons. The molecule has 2 aliphatic heterocycles. The topological polar surface area (TPSA) is 106 Å². The van der Waals surface area contributed by atoms with Gasteiger partial charge in [-0.2, -0.15) is 4.31 Å². The Hall–Kier alpha value is -2.24. The average molecular weight is 588 g/mol. The van der Waals surface area contributed by atoms with Gasteiger partial charge in [-0.3, -0.25) is 4.79 Å². The predicted octanol–water partition coefficient (Wildman–Crippen LogP) is 3.84. The molecule has 12 heteroatoms. The van der Waals surface area contributed by atoms with Crippen molar-refractivity contribution in [1.29, 1.82) is 0 Å². The van der Waals surface area contributed by atoms with Crippen molar-refractivity contribution in [2.24, 2.45) is 5.92 Å². The number of benzene rings is 2. The molecule has 1 amide bonds. The number of ether oxygens (including phenoxy) is 3. The lowest BCUT2D eigenvalue weighted by atomic mass is 9.87. The van der Waals surface area contributed by atoms with Gasteiger partial charge in [0.2, 0.25) is 15.9 Å². The Morgan fingerprint density at radius 2 is 1.74 bits per heavy atom. The molecular weight excluding hydrogens is 555 g/mol. The normalized spacial score (nSPS) is 23.1. The van der Waals surface area contributed by atoms with Gasteiger partial charge in [-0.25, -0.2) is 8.42 Å². The SMILES string of the molecule is COc1ccc(OCCN2C[C@H]([C@@H](C)O)C3CCCC(C2=O)N3S(=O)(=O)c2cc(Cl)cc(Cl)c2)cc1OC. The molecule has 2 saturated heterocycles. The summed E-state index contributed by atoms with van der Waals surface area (Å²) in [6.45, 7) is 2.22. The van der Waals surface area contributed by atoms with Gasteiger partial charge >= 0.3 is 0 Å². The number of aliphatic hydroxyl groups is 1. The van der Waals surface area contributed by atoms with Crippen molar-refractivity contribution in [3.05, 3.63) is 46.4 Å². The largest absolute Gasteiger partial charge is 0.493 e. The van der Waals surface area contributed by atoms with Crippen LogP contribution in [-0.4, -0.2) is 80.7 Å². The van der Waals surface area contributed by atoms with Crippen molar-refractivity contribution in [2.45, 2.75) is 49.3 Å². The van der Waals surface area contributed by atoms with Crippen LogP contribution in [0.5, 0.6) is 17.2 Å². The molecule has 0 aliphatic carbocycles. The molecule has 2 aromatic rings. The van der Waals surface area contributed by atoms with Crippen LogP contribution in [0.3, 0.4) is 0 Å². The lowest BCUT2D eigenvalue weighted by molar-refractivity contribution is -0.135. The molecule has 4 rings (SSSR count). The number of halogens is 2. The van der Waals surface area contributed by atoms with Gasteiger partial charge in [-0.15, -0.1) is 0 Å². The van der Waals surface area contributed by atoms with Crippen molar-refractivity contribution in [2.75, 3.05) is 33.9 Å². The monoisotopic (exact) mass is 586 g/mol. The molecule has 9 nitrogen and oxygen atoms in total. The summed E-state index contributed by atoms with van der Waals surface area (Å²) in [4.78, 5) is 15.3. The summed E-state index contributed by atoms with van der Waals surface area (Å²) in [7, 11) is -1.07. The Labute approximate surface area is 233 Å². The van der Waals surface area contributed by atoms with Gasteiger partial charge in [0.05, 0.1) is 31.8 Å². The molecular formula is C26H32Cl2N2O7S. The van der Waals surface area contributed by atoms with Gasteiger partial charge in [0.25, 0.3) is 0 Å². The molecule has 2 aromatic carbocycles. The Kier molecular flexibility index (Phi) is 8.99. The quantitative estimate of drug-likeness (QED) is 0.476. The first-order valence-corrected chi connectivity index (χ1v) is 14.6. The number of piperidine rings is 1. The van der Waals surface area contributed by atoms with E-state index in [-0.39, 0.29) is 40.5 Å². The molecule has 0 saturated carbocycles. The standard InChI is InChI=1S/C26H32Cl2N2O7S/c1-16(31)21-15-29(9-10-37-19-7-8-24(35-2)25(14-19)36-3)26(32)23-6-4-5-22(21)30(23)38(33,34)20-12-17(27)11-18(28)13-20/h7-8,11-14,16,21-23,31H,4-6,9-10,15H2,1-3H3/t16-,21-,22?,23?/m1/s1. The third kappa shape index (κ3) is 5.84. The minimum atomic E-state index is -4.14. The van der Waals surface area contributed by atoms with E-state index in [1.165, 1.54) is 29.6 Å². The summed E-state index contributed by atoms with van der Waals surface area (Å²) < 4.78 is 45.5. The molecule has 2 heterocycles. The third-order valence-corrected chi connectivity index (χ3v) is 9.50. The second-order valence-corrected chi connectivity index (χ2v) is 12.2. The maximum absolute atomic E-state index is 13.9. The number of carbonyl (C=O) groups is 1. The highest BCUT2D eigenvalue weighted by Gasteiger charge is 2.51. The van der Waals surface area contributed by atoms with E-state index >= 15 is 0 Å². The molecule has 0 aromatic heterocycles. The number of hydrogen-bond donors (Lipinski definition) is 1. The van der Waals surface area contributed by atoms with Crippen LogP contribution in [0.1, 0.15) is 26.2 Å². The fourth-order valence-electron chi connectivity index (χ4n) is 5.32. The van der Waals surface area contributed by atoms with Crippen LogP contribution in [0.2, 0.25) is 10.0 Å². The number of nitrogens with zero attached hydrogens (tertiary/aromatic N) is 2. The number of carbonyl (C=O) groups excluding carboxylic acids is 1. The first-order valence-electron chi connectivity index (χ1n) is 12.4. The molecule has 4 atom stereocenters. The Morgan fingerprint density at radius 1 is 1.05 bits per heavy atom. The summed E-state index contributed by atoms with van der Waals surface area (Å²) >= 11 is 12.2. The van der Waals surface area contributed by atoms with E-state index < -0.39 is 34.1 Å². The van der Waals surface area contributed by atoms with Gasteiger partial charge in [-0.1, -0.05) is 23.2 Å². The zero-order valence-corrected chi connectivity index (χ0v) is 23.8. The zero-order valence-electron chi connectivity index (χ0n) is 21.5. The predicted molar refractivity (Wildman–Crippen MR) is 144 cm³/mol. The second-order valence-electron chi connectivity index (χ2n) is 9.51. The highest BCUT2D eigenvalue weighted by molar-refractivity contribution is 7.89. The van der Waals surface area contributed by atoms with Gasteiger partial charge in [0.1, 0.15) is 18.4 Å².